The van der Waals surface area contributed by atoms with Crippen molar-refractivity contribution in [3.05, 3.63) is 64.7 Å². The SMILES string of the molecule is O=C(CSCc1cccc(Cl)c1)Nc1ccccc1C(=O)O. The van der Waals surface area contributed by atoms with Gasteiger partial charge in [-0.3, -0.25) is 4.79 Å². The number of hydrogen-bond acceptors (Lipinski definition) is 3. The molecule has 0 saturated heterocycles. The van der Waals surface area contributed by atoms with Crippen LogP contribution >= 0.6 is 23.4 Å². The monoisotopic (exact) mass is 335 g/mol. The Morgan fingerprint density at radius 2 is 1.91 bits per heavy atom. The zero-order chi connectivity index (χ0) is 15.9. The van der Waals surface area contributed by atoms with E-state index in [0.717, 1.165) is 5.56 Å². The number of hydrogen-bond donors (Lipinski definition) is 2. The topological polar surface area (TPSA) is 66.4 Å². The first-order valence-corrected chi connectivity index (χ1v) is 8.04. The molecule has 6 heteroatoms. The van der Waals surface area contributed by atoms with Gasteiger partial charge in [0.2, 0.25) is 5.91 Å². The maximum absolute atomic E-state index is 11.9. The van der Waals surface area contributed by atoms with Crippen LogP contribution in [0.4, 0.5) is 5.69 Å². The number of nitrogens with one attached hydrogen (secondary N) is 1. The summed E-state index contributed by atoms with van der Waals surface area (Å²) in [6.07, 6.45) is 0. The van der Waals surface area contributed by atoms with Crippen LogP contribution in [0.25, 0.3) is 0 Å². The number of carbonyl (C=O) groups excluding carboxylic acids is 1. The Morgan fingerprint density at radius 1 is 1.14 bits per heavy atom. The van der Waals surface area contributed by atoms with Crippen molar-refractivity contribution in [2.75, 3.05) is 11.1 Å². The average molecular weight is 336 g/mol. The number of benzene rings is 2. The van der Waals surface area contributed by atoms with E-state index in [1.54, 1.807) is 24.3 Å². The molecule has 2 rings (SSSR count). The minimum absolute atomic E-state index is 0.0793. The van der Waals surface area contributed by atoms with Gasteiger partial charge in [0.25, 0.3) is 0 Å². The summed E-state index contributed by atoms with van der Waals surface area (Å²) in [5, 5.41) is 12.3. The fourth-order valence-electron chi connectivity index (χ4n) is 1.85. The maximum Gasteiger partial charge on any atom is 0.337 e. The number of amides is 1. The van der Waals surface area contributed by atoms with E-state index in [9.17, 15) is 9.59 Å². The highest BCUT2D eigenvalue weighted by Gasteiger charge is 2.11. The molecule has 22 heavy (non-hydrogen) atoms. The van der Waals surface area contributed by atoms with Gasteiger partial charge in [-0.1, -0.05) is 35.9 Å². The van der Waals surface area contributed by atoms with Crippen molar-refractivity contribution in [1.82, 2.24) is 0 Å². The van der Waals surface area contributed by atoms with Crippen molar-refractivity contribution in [2.45, 2.75) is 5.75 Å². The smallest absolute Gasteiger partial charge is 0.337 e. The Labute approximate surface area is 137 Å². The van der Waals surface area contributed by atoms with Crippen LogP contribution in [-0.2, 0) is 10.5 Å². The lowest BCUT2D eigenvalue weighted by Crippen LogP contribution is -2.16. The Hall–Kier alpha value is -1.98. The Bertz CT molecular complexity index is 691. The summed E-state index contributed by atoms with van der Waals surface area (Å²) in [7, 11) is 0. The minimum atomic E-state index is -1.07. The van der Waals surface area contributed by atoms with Crippen LogP contribution in [0.15, 0.2) is 48.5 Å². The third-order valence-corrected chi connectivity index (χ3v) is 4.06. The van der Waals surface area contributed by atoms with Gasteiger partial charge in [-0.25, -0.2) is 4.79 Å². The molecule has 0 radical (unpaired) electrons. The Morgan fingerprint density at radius 3 is 2.64 bits per heavy atom. The molecule has 0 aliphatic carbocycles. The van der Waals surface area contributed by atoms with Crippen molar-refractivity contribution in [3.63, 3.8) is 0 Å². The van der Waals surface area contributed by atoms with E-state index in [-0.39, 0.29) is 17.2 Å². The fraction of sp³-hybridized carbons (Fsp3) is 0.125. The lowest BCUT2D eigenvalue weighted by Gasteiger charge is -2.08. The van der Waals surface area contributed by atoms with E-state index < -0.39 is 5.97 Å². The average Bonchev–Trinajstić information content (AvgIpc) is 2.47. The van der Waals surface area contributed by atoms with Crippen molar-refractivity contribution >= 4 is 40.9 Å². The molecule has 0 atom stereocenters. The summed E-state index contributed by atoms with van der Waals surface area (Å²) >= 11 is 7.34. The van der Waals surface area contributed by atoms with E-state index in [1.165, 1.54) is 17.8 Å². The summed E-state index contributed by atoms with van der Waals surface area (Å²) in [6, 6.07) is 13.8. The van der Waals surface area contributed by atoms with E-state index in [2.05, 4.69) is 5.32 Å². The first-order valence-electron chi connectivity index (χ1n) is 6.50. The predicted molar refractivity (Wildman–Crippen MR) is 89.6 cm³/mol. The largest absolute Gasteiger partial charge is 0.478 e. The molecule has 0 bridgehead atoms. The highest BCUT2D eigenvalue weighted by molar-refractivity contribution is 7.99. The van der Waals surface area contributed by atoms with Gasteiger partial charge in [-0.2, -0.15) is 0 Å². The quantitative estimate of drug-likeness (QED) is 0.840. The summed E-state index contributed by atoms with van der Waals surface area (Å²) in [5.74, 6) is -0.405. The van der Waals surface area contributed by atoms with Gasteiger partial charge < -0.3 is 10.4 Å². The van der Waals surface area contributed by atoms with Gasteiger partial charge in [0.1, 0.15) is 0 Å². The summed E-state index contributed by atoms with van der Waals surface area (Å²) in [5.41, 5.74) is 1.43. The summed E-state index contributed by atoms with van der Waals surface area (Å²) in [4.78, 5) is 23.0. The summed E-state index contributed by atoms with van der Waals surface area (Å²) in [6.45, 7) is 0. The molecule has 0 unspecified atom stereocenters. The molecule has 114 valence electrons. The number of halogens is 1. The number of para-hydroxylation sites is 1. The molecule has 1 amide bonds. The zero-order valence-electron chi connectivity index (χ0n) is 11.6. The molecular formula is C16H14ClNO3S. The first-order chi connectivity index (χ1) is 10.6. The van der Waals surface area contributed by atoms with E-state index in [1.807, 2.05) is 18.2 Å². The molecule has 2 aromatic carbocycles. The lowest BCUT2D eigenvalue weighted by molar-refractivity contribution is -0.113. The van der Waals surface area contributed by atoms with Crippen LogP contribution in [0.3, 0.4) is 0 Å². The van der Waals surface area contributed by atoms with Gasteiger partial charge in [-0.05, 0) is 29.8 Å². The molecule has 0 aliphatic rings. The van der Waals surface area contributed by atoms with Crippen molar-refractivity contribution < 1.29 is 14.7 Å². The maximum atomic E-state index is 11.9. The van der Waals surface area contributed by atoms with E-state index in [0.29, 0.717) is 16.5 Å². The number of carbonyl (C=O) groups is 2. The number of carboxylic acids is 1. The standard InChI is InChI=1S/C16H14ClNO3S/c17-12-5-3-4-11(8-12)9-22-10-15(19)18-14-7-2-1-6-13(14)16(20)21/h1-8H,9-10H2,(H,18,19)(H,20,21). The Balaban J connectivity index is 1.87. The predicted octanol–water partition coefficient (Wildman–Crippen LogP) is 3.91. The van der Waals surface area contributed by atoms with Crippen LogP contribution in [0.1, 0.15) is 15.9 Å². The summed E-state index contributed by atoms with van der Waals surface area (Å²) < 4.78 is 0. The van der Waals surface area contributed by atoms with Crippen molar-refractivity contribution in [1.29, 1.82) is 0 Å². The highest BCUT2D eigenvalue weighted by atomic mass is 35.5. The first kappa shape index (κ1) is 16.4. The molecule has 2 aromatic rings. The number of rotatable bonds is 6. The van der Waals surface area contributed by atoms with Crippen LogP contribution in [0.5, 0.6) is 0 Å². The minimum Gasteiger partial charge on any atom is -0.478 e. The normalized spacial score (nSPS) is 10.2. The third-order valence-electron chi connectivity index (χ3n) is 2.82. The van der Waals surface area contributed by atoms with Gasteiger partial charge in [0.05, 0.1) is 17.0 Å². The fourth-order valence-corrected chi connectivity index (χ4v) is 2.84. The Kier molecular flexibility index (Phi) is 5.86. The number of carboxylic acid groups (broad SMARTS) is 1. The van der Waals surface area contributed by atoms with Crippen LogP contribution < -0.4 is 5.32 Å². The van der Waals surface area contributed by atoms with Crippen molar-refractivity contribution in [2.24, 2.45) is 0 Å². The third kappa shape index (κ3) is 4.79. The highest BCUT2D eigenvalue weighted by Crippen LogP contribution is 2.18. The molecule has 4 nitrogen and oxygen atoms in total. The van der Waals surface area contributed by atoms with Crippen molar-refractivity contribution in [3.8, 4) is 0 Å². The van der Waals surface area contributed by atoms with E-state index in [4.69, 9.17) is 16.7 Å². The van der Waals surface area contributed by atoms with Gasteiger partial charge in [0, 0.05) is 10.8 Å². The molecule has 0 aromatic heterocycles. The van der Waals surface area contributed by atoms with Gasteiger partial charge in [-0.15, -0.1) is 11.8 Å². The number of aromatic carboxylic acids is 1. The van der Waals surface area contributed by atoms with E-state index >= 15 is 0 Å². The second kappa shape index (κ2) is 7.87. The zero-order valence-corrected chi connectivity index (χ0v) is 13.2. The molecule has 0 spiro atoms. The van der Waals surface area contributed by atoms with Crippen LogP contribution in [0.2, 0.25) is 5.02 Å². The number of thioether (sulfide) groups is 1. The molecule has 2 N–H and O–H groups in total. The molecule has 0 saturated carbocycles. The molecule has 0 heterocycles. The molecular weight excluding hydrogens is 322 g/mol. The van der Waals surface area contributed by atoms with Gasteiger partial charge >= 0.3 is 5.97 Å². The van der Waals surface area contributed by atoms with Crippen LogP contribution in [-0.4, -0.2) is 22.7 Å². The second-order valence-corrected chi connectivity index (χ2v) is 5.94. The lowest BCUT2D eigenvalue weighted by atomic mass is 10.2. The molecule has 0 fully saturated rings. The number of anilines is 1. The van der Waals surface area contributed by atoms with Gasteiger partial charge in [0.15, 0.2) is 0 Å². The van der Waals surface area contributed by atoms with Crippen LogP contribution in [0, 0.1) is 0 Å². The molecule has 0 aliphatic heterocycles. The second-order valence-electron chi connectivity index (χ2n) is 4.52.